The summed E-state index contributed by atoms with van der Waals surface area (Å²) in [5.74, 6) is 0.259. The Morgan fingerprint density at radius 3 is 2.10 bits per heavy atom. The van der Waals surface area contributed by atoms with Gasteiger partial charge in [0.1, 0.15) is 5.75 Å². The van der Waals surface area contributed by atoms with Crippen LogP contribution >= 0.6 is 11.8 Å². The maximum Gasteiger partial charge on any atom is 0.272 e. The quantitative estimate of drug-likeness (QED) is 0.458. The average molecular weight is 430 g/mol. The van der Waals surface area contributed by atoms with Crippen LogP contribution in [0.2, 0.25) is 0 Å². The van der Waals surface area contributed by atoms with Gasteiger partial charge in [0.05, 0.1) is 23.3 Å². The van der Waals surface area contributed by atoms with Crippen LogP contribution in [0.25, 0.3) is 5.57 Å². The van der Waals surface area contributed by atoms with Crippen LogP contribution in [0, 0.1) is 0 Å². The SMILES string of the molecule is COc1ccccc1C1=C(Sc2ccccc2)C(=O)N(c2ccc(C(C)C)cc2)C1=O. The van der Waals surface area contributed by atoms with E-state index in [1.807, 2.05) is 72.8 Å². The van der Waals surface area contributed by atoms with Crippen molar-refractivity contribution in [3.8, 4) is 5.75 Å². The van der Waals surface area contributed by atoms with Gasteiger partial charge in [-0.3, -0.25) is 9.59 Å². The number of carbonyl (C=O) groups is 2. The predicted octanol–water partition coefficient (Wildman–Crippen LogP) is 5.90. The number of hydrogen-bond acceptors (Lipinski definition) is 4. The van der Waals surface area contributed by atoms with E-state index in [-0.39, 0.29) is 11.8 Å². The number of para-hydroxylation sites is 1. The summed E-state index contributed by atoms with van der Waals surface area (Å²) in [7, 11) is 1.56. The predicted molar refractivity (Wildman–Crippen MR) is 125 cm³/mol. The second kappa shape index (κ2) is 8.82. The Labute approximate surface area is 186 Å². The number of carbonyl (C=O) groups excluding carboxylic acids is 2. The first-order chi connectivity index (χ1) is 15.0. The molecule has 2 amide bonds. The summed E-state index contributed by atoms with van der Waals surface area (Å²) >= 11 is 1.30. The molecule has 1 heterocycles. The van der Waals surface area contributed by atoms with E-state index in [0.717, 1.165) is 10.5 Å². The van der Waals surface area contributed by atoms with Crippen LogP contribution in [0.5, 0.6) is 5.75 Å². The zero-order valence-corrected chi connectivity index (χ0v) is 18.5. The zero-order valence-electron chi connectivity index (χ0n) is 17.7. The average Bonchev–Trinajstić information content (AvgIpc) is 3.03. The molecule has 0 radical (unpaired) electrons. The minimum absolute atomic E-state index is 0.322. The zero-order chi connectivity index (χ0) is 22.0. The number of benzene rings is 3. The van der Waals surface area contributed by atoms with E-state index in [2.05, 4.69) is 13.8 Å². The van der Waals surface area contributed by atoms with E-state index in [9.17, 15) is 9.59 Å². The Morgan fingerprint density at radius 2 is 1.45 bits per heavy atom. The van der Waals surface area contributed by atoms with Crippen molar-refractivity contribution in [2.75, 3.05) is 12.0 Å². The maximum absolute atomic E-state index is 13.6. The molecule has 0 aromatic heterocycles. The summed E-state index contributed by atoms with van der Waals surface area (Å²) in [5.41, 5.74) is 2.70. The molecule has 5 heteroatoms. The third-order valence-corrected chi connectivity index (χ3v) is 6.29. The molecule has 156 valence electrons. The molecular formula is C26H23NO3S. The number of rotatable bonds is 6. The molecule has 0 saturated heterocycles. The molecule has 1 aliphatic rings. The largest absolute Gasteiger partial charge is 0.496 e. The smallest absolute Gasteiger partial charge is 0.272 e. The normalized spacial score (nSPS) is 14.0. The van der Waals surface area contributed by atoms with Crippen molar-refractivity contribution in [2.45, 2.75) is 24.7 Å². The second-order valence-electron chi connectivity index (χ2n) is 7.51. The third kappa shape index (κ3) is 4.01. The van der Waals surface area contributed by atoms with Gasteiger partial charge in [-0.1, -0.05) is 74.1 Å². The second-order valence-corrected chi connectivity index (χ2v) is 8.60. The van der Waals surface area contributed by atoms with Crippen molar-refractivity contribution in [2.24, 2.45) is 0 Å². The van der Waals surface area contributed by atoms with Gasteiger partial charge in [0, 0.05) is 10.5 Å². The molecule has 4 nitrogen and oxygen atoms in total. The molecule has 31 heavy (non-hydrogen) atoms. The fourth-order valence-corrected chi connectivity index (χ4v) is 4.55. The lowest BCUT2D eigenvalue weighted by Crippen LogP contribution is -2.31. The van der Waals surface area contributed by atoms with E-state index >= 15 is 0 Å². The lowest BCUT2D eigenvalue weighted by Gasteiger charge is -2.16. The fraction of sp³-hybridized carbons (Fsp3) is 0.154. The minimum Gasteiger partial charge on any atom is -0.496 e. The summed E-state index contributed by atoms with van der Waals surface area (Å²) < 4.78 is 5.50. The van der Waals surface area contributed by atoms with Crippen LogP contribution in [0.1, 0.15) is 30.9 Å². The molecule has 0 bridgehead atoms. The monoisotopic (exact) mass is 429 g/mol. The molecule has 0 saturated carbocycles. The molecule has 1 aliphatic heterocycles. The van der Waals surface area contributed by atoms with Gasteiger partial charge in [-0.2, -0.15) is 0 Å². The first-order valence-corrected chi connectivity index (χ1v) is 10.9. The highest BCUT2D eigenvalue weighted by Gasteiger charge is 2.41. The maximum atomic E-state index is 13.6. The van der Waals surface area contributed by atoms with Crippen LogP contribution in [0.3, 0.4) is 0 Å². The van der Waals surface area contributed by atoms with Gasteiger partial charge < -0.3 is 4.74 Å². The van der Waals surface area contributed by atoms with E-state index in [0.29, 0.717) is 33.4 Å². The molecule has 0 aliphatic carbocycles. The Bertz CT molecular complexity index is 1150. The molecule has 0 N–H and O–H groups in total. The lowest BCUT2D eigenvalue weighted by atomic mass is 10.0. The highest BCUT2D eigenvalue weighted by molar-refractivity contribution is 8.04. The van der Waals surface area contributed by atoms with Gasteiger partial charge in [0.25, 0.3) is 11.8 Å². The van der Waals surface area contributed by atoms with E-state index in [4.69, 9.17) is 4.74 Å². The number of imide groups is 1. The van der Waals surface area contributed by atoms with Gasteiger partial charge in [-0.05, 0) is 41.8 Å². The van der Waals surface area contributed by atoms with Crippen LogP contribution in [-0.2, 0) is 9.59 Å². The van der Waals surface area contributed by atoms with Crippen LogP contribution in [-0.4, -0.2) is 18.9 Å². The summed E-state index contributed by atoms with van der Waals surface area (Å²) in [4.78, 5) is 29.6. The van der Waals surface area contributed by atoms with Gasteiger partial charge in [0.2, 0.25) is 0 Å². The van der Waals surface area contributed by atoms with Crippen LogP contribution < -0.4 is 9.64 Å². The summed E-state index contributed by atoms with van der Waals surface area (Å²) in [6, 6.07) is 24.5. The summed E-state index contributed by atoms with van der Waals surface area (Å²) in [6.07, 6.45) is 0. The first kappa shape index (κ1) is 20.9. The Kier molecular flexibility index (Phi) is 5.96. The van der Waals surface area contributed by atoms with Crippen molar-refractivity contribution in [1.82, 2.24) is 0 Å². The molecule has 0 spiro atoms. The van der Waals surface area contributed by atoms with Gasteiger partial charge >= 0.3 is 0 Å². The molecule has 0 unspecified atom stereocenters. The van der Waals surface area contributed by atoms with Gasteiger partial charge in [0.15, 0.2) is 0 Å². The third-order valence-electron chi connectivity index (χ3n) is 5.20. The number of ether oxygens (including phenoxy) is 1. The molecular weight excluding hydrogens is 406 g/mol. The van der Waals surface area contributed by atoms with E-state index in [1.165, 1.54) is 16.7 Å². The molecule has 3 aromatic rings. The van der Waals surface area contributed by atoms with E-state index < -0.39 is 0 Å². The standard InChI is InChI=1S/C26H23NO3S/c1-17(2)18-13-15-19(16-14-18)27-25(28)23(21-11-7-8-12-22(21)30-3)24(26(27)29)31-20-9-5-4-6-10-20/h4-17H,1-3H3. The number of methoxy groups -OCH3 is 1. The first-order valence-electron chi connectivity index (χ1n) is 10.1. The highest BCUT2D eigenvalue weighted by Crippen LogP contribution is 2.43. The van der Waals surface area contributed by atoms with Gasteiger partial charge in [-0.15, -0.1) is 0 Å². The van der Waals surface area contributed by atoms with Crippen LogP contribution in [0.4, 0.5) is 5.69 Å². The Hall–Kier alpha value is -3.31. The molecule has 3 aromatic carbocycles. The number of anilines is 1. The topological polar surface area (TPSA) is 46.6 Å². The Morgan fingerprint density at radius 1 is 0.806 bits per heavy atom. The lowest BCUT2D eigenvalue weighted by molar-refractivity contribution is -0.119. The van der Waals surface area contributed by atoms with Crippen molar-refractivity contribution >= 4 is 34.8 Å². The van der Waals surface area contributed by atoms with Crippen molar-refractivity contribution < 1.29 is 14.3 Å². The Balaban J connectivity index is 1.82. The molecule has 0 atom stereocenters. The fourth-order valence-electron chi connectivity index (χ4n) is 3.54. The number of thioether (sulfide) groups is 1. The number of hydrogen-bond donors (Lipinski definition) is 0. The minimum atomic E-state index is -0.342. The number of amides is 2. The van der Waals surface area contributed by atoms with Gasteiger partial charge in [-0.25, -0.2) is 4.90 Å². The summed E-state index contributed by atoms with van der Waals surface area (Å²) in [6.45, 7) is 4.22. The van der Waals surface area contributed by atoms with E-state index in [1.54, 1.807) is 13.2 Å². The van der Waals surface area contributed by atoms with Crippen molar-refractivity contribution in [1.29, 1.82) is 0 Å². The number of nitrogens with zero attached hydrogens (tertiary/aromatic N) is 1. The van der Waals surface area contributed by atoms with Crippen molar-refractivity contribution in [3.05, 3.63) is 94.9 Å². The van der Waals surface area contributed by atoms with Crippen LogP contribution in [0.15, 0.2) is 88.7 Å². The molecule has 4 rings (SSSR count). The molecule has 0 fully saturated rings. The van der Waals surface area contributed by atoms with Crippen molar-refractivity contribution in [3.63, 3.8) is 0 Å². The summed E-state index contributed by atoms with van der Waals surface area (Å²) in [5, 5.41) is 0. The highest BCUT2D eigenvalue weighted by atomic mass is 32.2.